The van der Waals surface area contributed by atoms with Crippen molar-refractivity contribution in [1.82, 2.24) is 29.9 Å². The Labute approximate surface area is 120 Å². The molecule has 2 heterocycles. The number of rotatable bonds is 2. The van der Waals surface area contributed by atoms with Crippen molar-refractivity contribution in [3.63, 3.8) is 0 Å². The van der Waals surface area contributed by atoms with Gasteiger partial charge in [-0.2, -0.15) is 0 Å². The molecule has 2 aromatic heterocycles. The summed E-state index contributed by atoms with van der Waals surface area (Å²) in [5, 5.41) is 0. The number of nitrogens with zero attached hydrogens (tertiary/aromatic N) is 6. The van der Waals surface area contributed by atoms with Gasteiger partial charge < -0.3 is 5.73 Å². The van der Waals surface area contributed by atoms with Gasteiger partial charge in [-0.25, -0.2) is 29.9 Å². The zero-order valence-corrected chi connectivity index (χ0v) is 11.0. The predicted molar refractivity (Wildman–Crippen MR) is 75.7 cm³/mol. The summed E-state index contributed by atoms with van der Waals surface area (Å²) in [6.45, 7) is 0. The van der Waals surface area contributed by atoms with Crippen LogP contribution in [0.1, 0.15) is 0 Å². The lowest BCUT2D eigenvalue weighted by Crippen LogP contribution is -1.95. The Balaban J connectivity index is 0.00000147. The van der Waals surface area contributed by atoms with Gasteiger partial charge in [-0.1, -0.05) is 0 Å². The quantitative estimate of drug-likeness (QED) is 0.710. The van der Waals surface area contributed by atoms with Crippen molar-refractivity contribution < 1.29 is 0 Å². The minimum absolute atomic E-state index is 0. The third-order valence-electron chi connectivity index (χ3n) is 2.46. The SMILES string of the molecule is Cl.Nc1cc(-c2ncncn2)cc(-c2ncncn2)c1. The molecule has 0 atom stereocenters. The first kappa shape index (κ1) is 13.8. The van der Waals surface area contributed by atoms with Crippen molar-refractivity contribution in [3.05, 3.63) is 43.5 Å². The van der Waals surface area contributed by atoms with Gasteiger partial charge in [-0.15, -0.1) is 12.4 Å². The van der Waals surface area contributed by atoms with Crippen molar-refractivity contribution in [1.29, 1.82) is 0 Å². The normalized spacial score (nSPS) is 9.80. The Bertz CT molecular complexity index is 633. The van der Waals surface area contributed by atoms with E-state index in [1.807, 2.05) is 6.07 Å². The average molecular weight is 288 g/mol. The summed E-state index contributed by atoms with van der Waals surface area (Å²) >= 11 is 0. The van der Waals surface area contributed by atoms with Gasteiger partial charge in [0.25, 0.3) is 0 Å². The van der Waals surface area contributed by atoms with Gasteiger partial charge >= 0.3 is 0 Å². The summed E-state index contributed by atoms with van der Waals surface area (Å²) < 4.78 is 0. The molecule has 0 bridgehead atoms. The molecule has 7 nitrogen and oxygen atoms in total. The van der Waals surface area contributed by atoms with Crippen LogP contribution >= 0.6 is 12.4 Å². The van der Waals surface area contributed by atoms with Gasteiger partial charge in [0.2, 0.25) is 0 Å². The molecule has 0 radical (unpaired) electrons. The molecule has 0 saturated carbocycles. The largest absolute Gasteiger partial charge is 0.399 e. The van der Waals surface area contributed by atoms with Gasteiger partial charge in [0, 0.05) is 16.8 Å². The summed E-state index contributed by atoms with van der Waals surface area (Å²) in [5.74, 6) is 1.11. The topological polar surface area (TPSA) is 103 Å². The maximum atomic E-state index is 5.89. The van der Waals surface area contributed by atoms with E-state index in [4.69, 9.17) is 5.73 Å². The molecule has 0 amide bonds. The number of benzene rings is 1. The van der Waals surface area contributed by atoms with Crippen LogP contribution in [0.25, 0.3) is 22.8 Å². The van der Waals surface area contributed by atoms with E-state index < -0.39 is 0 Å². The minimum Gasteiger partial charge on any atom is -0.399 e. The number of hydrogen-bond acceptors (Lipinski definition) is 7. The third kappa shape index (κ3) is 2.83. The fraction of sp³-hybridized carbons (Fsp3) is 0. The van der Waals surface area contributed by atoms with E-state index in [1.54, 1.807) is 12.1 Å². The van der Waals surface area contributed by atoms with Crippen molar-refractivity contribution >= 4 is 18.1 Å². The molecule has 0 aliphatic heterocycles. The van der Waals surface area contributed by atoms with Crippen LogP contribution in [0.3, 0.4) is 0 Å². The molecule has 8 heteroatoms. The average Bonchev–Trinajstić information content (AvgIpc) is 2.48. The van der Waals surface area contributed by atoms with Gasteiger partial charge in [-0.05, 0) is 18.2 Å². The molecule has 0 saturated heterocycles. The molecule has 0 unspecified atom stereocenters. The highest BCUT2D eigenvalue weighted by Gasteiger charge is 2.07. The Morgan fingerprint density at radius 1 is 0.650 bits per heavy atom. The fourth-order valence-corrected chi connectivity index (χ4v) is 1.69. The Kier molecular flexibility index (Phi) is 4.11. The van der Waals surface area contributed by atoms with Crippen LogP contribution in [0, 0.1) is 0 Å². The van der Waals surface area contributed by atoms with Crippen LogP contribution in [0.4, 0.5) is 5.69 Å². The highest BCUT2D eigenvalue weighted by molar-refractivity contribution is 5.85. The molecule has 100 valence electrons. The van der Waals surface area contributed by atoms with Crippen molar-refractivity contribution in [2.24, 2.45) is 0 Å². The minimum atomic E-state index is 0. The predicted octanol–water partition coefficient (Wildman–Crippen LogP) is 1.39. The zero-order valence-electron chi connectivity index (χ0n) is 10.2. The highest BCUT2D eigenvalue weighted by Crippen LogP contribution is 2.24. The van der Waals surface area contributed by atoms with Gasteiger partial charge in [0.1, 0.15) is 25.3 Å². The molecule has 1 aromatic carbocycles. The first-order chi connectivity index (χ1) is 9.33. The molecule has 0 spiro atoms. The number of halogens is 1. The van der Waals surface area contributed by atoms with Crippen LogP contribution in [-0.4, -0.2) is 29.9 Å². The molecule has 20 heavy (non-hydrogen) atoms. The number of aromatic nitrogens is 6. The van der Waals surface area contributed by atoms with E-state index in [0.29, 0.717) is 17.3 Å². The Morgan fingerprint density at radius 2 is 1.05 bits per heavy atom. The van der Waals surface area contributed by atoms with Crippen molar-refractivity contribution in [2.45, 2.75) is 0 Å². The highest BCUT2D eigenvalue weighted by atomic mass is 35.5. The second-order valence-electron chi connectivity index (χ2n) is 3.77. The van der Waals surface area contributed by atoms with Gasteiger partial charge in [0.05, 0.1) is 0 Å². The van der Waals surface area contributed by atoms with Crippen LogP contribution in [-0.2, 0) is 0 Å². The van der Waals surface area contributed by atoms with E-state index in [0.717, 1.165) is 11.1 Å². The monoisotopic (exact) mass is 287 g/mol. The standard InChI is InChI=1S/C12H9N7.ClH/c13-10-2-8(11-16-4-14-5-17-11)1-9(3-10)12-18-6-15-7-19-12;/h1-7H,13H2;1H. The fourth-order valence-electron chi connectivity index (χ4n) is 1.69. The second kappa shape index (κ2) is 5.98. The molecular weight excluding hydrogens is 278 g/mol. The molecule has 3 aromatic rings. The van der Waals surface area contributed by atoms with Crippen LogP contribution < -0.4 is 5.73 Å². The Morgan fingerprint density at radius 3 is 1.45 bits per heavy atom. The maximum Gasteiger partial charge on any atom is 0.162 e. The molecule has 0 aliphatic carbocycles. The van der Waals surface area contributed by atoms with Crippen LogP contribution in [0.15, 0.2) is 43.5 Å². The maximum absolute atomic E-state index is 5.89. The summed E-state index contributed by atoms with van der Waals surface area (Å²) in [4.78, 5) is 24.0. The third-order valence-corrected chi connectivity index (χ3v) is 2.46. The number of hydrogen-bond donors (Lipinski definition) is 1. The summed E-state index contributed by atoms with van der Waals surface area (Å²) in [5.41, 5.74) is 8.06. The van der Waals surface area contributed by atoms with Crippen molar-refractivity contribution in [2.75, 3.05) is 5.73 Å². The summed E-state index contributed by atoms with van der Waals surface area (Å²) in [7, 11) is 0. The zero-order chi connectivity index (χ0) is 13.1. The van der Waals surface area contributed by atoms with E-state index in [2.05, 4.69) is 29.9 Å². The van der Waals surface area contributed by atoms with Crippen LogP contribution in [0.2, 0.25) is 0 Å². The first-order valence-corrected chi connectivity index (χ1v) is 5.48. The van der Waals surface area contributed by atoms with E-state index in [9.17, 15) is 0 Å². The summed E-state index contributed by atoms with van der Waals surface area (Å²) in [6.07, 6.45) is 5.75. The Hall–Kier alpha value is -2.67. The smallest absolute Gasteiger partial charge is 0.162 e. The van der Waals surface area contributed by atoms with E-state index in [-0.39, 0.29) is 12.4 Å². The first-order valence-electron chi connectivity index (χ1n) is 5.48. The van der Waals surface area contributed by atoms with Gasteiger partial charge in [-0.3, -0.25) is 0 Å². The number of nitrogens with two attached hydrogens (primary N) is 1. The summed E-state index contributed by atoms with van der Waals surface area (Å²) in [6, 6.07) is 5.46. The molecule has 2 N–H and O–H groups in total. The molecule has 0 aliphatic rings. The number of nitrogen functional groups attached to an aromatic ring is 1. The lowest BCUT2D eigenvalue weighted by atomic mass is 10.1. The second-order valence-corrected chi connectivity index (χ2v) is 3.77. The van der Waals surface area contributed by atoms with Gasteiger partial charge in [0.15, 0.2) is 11.6 Å². The molecule has 0 fully saturated rings. The number of anilines is 1. The van der Waals surface area contributed by atoms with E-state index >= 15 is 0 Å². The van der Waals surface area contributed by atoms with E-state index in [1.165, 1.54) is 25.3 Å². The van der Waals surface area contributed by atoms with Crippen molar-refractivity contribution in [3.8, 4) is 22.8 Å². The molecule has 3 rings (SSSR count). The lowest BCUT2D eigenvalue weighted by molar-refractivity contribution is 1.05. The van der Waals surface area contributed by atoms with Crippen LogP contribution in [0.5, 0.6) is 0 Å². The lowest BCUT2D eigenvalue weighted by Gasteiger charge is -2.05. The molecular formula is C12H10ClN7.